The third-order valence-corrected chi connectivity index (χ3v) is 3.16. The number of hydrogen-bond donors (Lipinski definition) is 3. The van der Waals surface area contributed by atoms with Gasteiger partial charge in [-0.25, -0.2) is 5.43 Å². The molecule has 130 valence electrons. The minimum Gasteiger partial charge on any atom is -0.507 e. The van der Waals surface area contributed by atoms with E-state index in [0.29, 0.717) is 22.7 Å². The van der Waals surface area contributed by atoms with Crippen molar-refractivity contribution in [1.29, 1.82) is 0 Å². The highest BCUT2D eigenvalue weighted by Gasteiger charge is 2.13. The fourth-order valence-corrected chi connectivity index (χ4v) is 1.84. The second kappa shape index (κ2) is 8.34. The van der Waals surface area contributed by atoms with Gasteiger partial charge >= 0.3 is 11.8 Å². The van der Waals surface area contributed by atoms with Gasteiger partial charge in [-0.1, -0.05) is 0 Å². The number of benzene rings is 2. The molecular weight excluding hydrogens is 326 g/mol. The minimum atomic E-state index is -0.950. The molecule has 0 aliphatic carbocycles. The van der Waals surface area contributed by atoms with Crippen molar-refractivity contribution in [2.45, 2.75) is 0 Å². The molecule has 2 rings (SSSR count). The third kappa shape index (κ3) is 4.96. The molecule has 0 aliphatic heterocycles. The summed E-state index contributed by atoms with van der Waals surface area (Å²) in [5.41, 5.74) is 2.85. The van der Waals surface area contributed by atoms with Crippen molar-refractivity contribution in [1.82, 2.24) is 5.43 Å². The van der Waals surface area contributed by atoms with Gasteiger partial charge < -0.3 is 19.9 Å². The molecule has 2 amide bonds. The van der Waals surface area contributed by atoms with E-state index in [1.165, 1.54) is 32.6 Å². The number of hydrazone groups is 1. The Morgan fingerprint density at radius 1 is 1.00 bits per heavy atom. The van der Waals surface area contributed by atoms with E-state index in [9.17, 15) is 14.7 Å². The molecule has 0 aromatic heterocycles. The van der Waals surface area contributed by atoms with Crippen molar-refractivity contribution in [3.05, 3.63) is 48.0 Å². The molecule has 25 heavy (non-hydrogen) atoms. The molecule has 2 aromatic rings. The average molecular weight is 343 g/mol. The van der Waals surface area contributed by atoms with Gasteiger partial charge in [0.15, 0.2) is 0 Å². The summed E-state index contributed by atoms with van der Waals surface area (Å²) < 4.78 is 10.0. The monoisotopic (exact) mass is 343 g/mol. The highest BCUT2D eigenvalue weighted by Crippen LogP contribution is 2.21. The van der Waals surface area contributed by atoms with Crippen LogP contribution in [0.15, 0.2) is 47.6 Å². The Bertz CT molecular complexity index is 787. The fraction of sp³-hybridized carbons (Fsp3) is 0.118. The van der Waals surface area contributed by atoms with E-state index < -0.39 is 11.8 Å². The molecule has 0 spiro atoms. The molecule has 0 bridgehead atoms. The molecule has 8 nitrogen and oxygen atoms in total. The Morgan fingerprint density at radius 3 is 2.28 bits per heavy atom. The van der Waals surface area contributed by atoms with Crippen LogP contribution in [0.25, 0.3) is 0 Å². The SMILES string of the molecule is COc1ccc(NC(=O)C(=O)N/N=C\c2cc(OC)ccc2O)cc1. The molecule has 3 N–H and O–H groups in total. The Balaban J connectivity index is 1.93. The summed E-state index contributed by atoms with van der Waals surface area (Å²) >= 11 is 0. The summed E-state index contributed by atoms with van der Waals surface area (Å²) in [5.74, 6) is -0.721. The fourth-order valence-electron chi connectivity index (χ4n) is 1.84. The predicted octanol–water partition coefficient (Wildman–Crippen LogP) is 1.50. The van der Waals surface area contributed by atoms with E-state index in [4.69, 9.17) is 9.47 Å². The normalized spacial score (nSPS) is 10.3. The molecule has 0 saturated heterocycles. The number of nitrogens with one attached hydrogen (secondary N) is 2. The number of hydrogen-bond acceptors (Lipinski definition) is 6. The highest BCUT2D eigenvalue weighted by atomic mass is 16.5. The predicted molar refractivity (Wildman–Crippen MR) is 92.0 cm³/mol. The Hall–Kier alpha value is -3.55. The van der Waals surface area contributed by atoms with Gasteiger partial charge in [-0.05, 0) is 42.5 Å². The maximum atomic E-state index is 11.8. The quantitative estimate of drug-likeness (QED) is 0.433. The van der Waals surface area contributed by atoms with Gasteiger partial charge in [0.25, 0.3) is 0 Å². The first-order valence-electron chi connectivity index (χ1n) is 7.19. The van der Waals surface area contributed by atoms with E-state index in [1.807, 2.05) is 0 Å². The third-order valence-electron chi connectivity index (χ3n) is 3.16. The van der Waals surface area contributed by atoms with Gasteiger partial charge in [-0.15, -0.1) is 0 Å². The van der Waals surface area contributed by atoms with Crippen LogP contribution in [0.2, 0.25) is 0 Å². The van der Waals surface area contributed by atoms with Gasteiger partial charge in [-0.3, -0.25) is 9.59 Å². The number of ether oxygens (including phenoxy) is 2. The van der Waals surface area contributed by atoms with E-state index >= 15 is 0 Å². The topological polar surface area (TPSA) is 109 Å². The van der Waals surface area contributed by atoms with Crippen LogP contribution in [0, 0.1) is 0 Å². The Kier molecular flexibility index (Phi) is 5.94. The van der Waals surface area contributed by atoms with Crippen LogP contribution in [0.5, 0.6) is 17.2 Å². The first kappa shape index (κ1) is 17.8. The van der Waals surface area contributed by atoms with Crippen molar-refractivity contribution in [3.8, 4) is 17.2 Å². The summed E-state index contributed by atoms with van der Waals surface area (Å²) in [6, 6.07) is 11.0. The van der Waals surface area contributed by atoms with Gasteiger partial charge in [0.1, 0.15) is 17.2 Å². The molecule has 0 aliphatic rings. The van der Waals surface area contributed by atoms with Crippen LogP contribution in [-0.4, -0.2) is 37.4 Å². The Morgan fingerprint density at radius 2 is 1.64 bits per heavy atom. The second-order valence-electron chi connectivity index (χ2n) is 4.81. The van der Waals surface area contributed by atoms with E-state index in [-0.39, 0.29) is 5.75 Å². The van der Waals surface area contributed by atoms with Crippen molar-refractivity contribution in [2.75, 3.05) is 19.5 Å². The molecule has 0 unspecified atom stereocenters. The van der Waals surface area contributed by atoms with E-state index in [2.05, 4.69) is 15.8 Å². The number of anilines is 1. The van der Waals surface area contributed by atoms with Crippen LogP contribution in [0.4, 0.5) is 5.69 Å². The summed E-state index contributed by atoms with van der Waals surface area (Å²) in [7, 11) is 3.01. The van der Waals surface area contributed by atoms with Crippen LogP contribution in [0.1, 0.15) is 5.56 Å². The lowest BCUT2D eigenvalue weighted by molar-refractivity contribution is -0.136. The van der Waals surface area contributed by atoms with Gasteiger partial charge in [-0.2, -0.15) is 5.10 Å². The zero-order valence-corrected chi connectivity index (χ0v) is 13.6. The zero-order chi connectivity index (χ0) is 18.2. The number of nitrogens with zero attached hydrogens (tertiary/aromatic N) is 1. The lowest BCUT2D eigenvalue weighted by Crippen LogP contribution is -2.32. The van der Waals surface area contributed by atoms with Crippen molar-refractivity contribution in [3.63, 3.8) is 0 Å². The molecule has 2 aromatic carbocycles. The first-order chi connectivity index (χ1) is 12.0. The number of amides is 2. The number of phenolic OH excluding ortho intramolecular Hbond substituents is 1. The maximum Gasteiger partial charge on any atom is 0.329 e. The van der Waals surface area contributed by atoms with E-state index in [0.717, 1.165) is 0 Å². The maximum absolute atomic E-state index is 11.8. The smallest absolute Gasteiger partial charge is 0.329 e. The number of methoxy groups -OCH3 is 2. The minimum absolute atomic E-state index is 0.0403. The van der Waals surface area contributed by atoms with Crippen molar-refractivity contribution < 1.29 is 24.2 Å². The van der Waals surface area contributed by atoms with Gasteiger partial charge in [0, 0.05) is 11.3 Å². The average Bonchev–Trinajstić information content (AvgIpc) is 2.63. The Labute approximate surface area is 144 Å². The zero-order valence-electron chi connectivity index (χ0n) is 13.6. The summed E-state index contributed by atoms with van der Waals surface area (Å²) in [6.07, 6.45) is 1.20. The van der Waals surface area contributed by atoms with Crippen LogP contribution in [-0.2, 0) is 9.59 Å². The molecule has 0 heterocycles. The number of carbonyl (C=O) groups excluding carboxylic acids is 2. The summed E-state index contributed by atoms with van der Waals surface area (Å²) in [6.45, 7) is 0. The van der Waals surface area contributed by atoms with Crippen LogP contribution >= 0.6 is 0 Å². The molecule has 0 atom stereocenters. The summed E-state index contributed by atoms with van der Waals surface area (Å²) in [4.78, 5) is 23.5. The largest absolute Gasteiger partial charge is 0.507 e. The lowest BCUT2D eigenvalue weighted by Gasteiger charge is -2.05. The highest BCUT2D eigenvalue weighted by molar-refractivity contribution is 6.39. The molecule has 0 saturated carbocycles. The van der Waals surface area contributed by atoms with Crippen molar-refractivity contribution >= 4 is 23.7 Å². The standard InChI is InChI=1S/C17H17N3O5/c1-24-13-5-3-12(4-6-13)19-16(22)17(23)20-18-10-11-9-14(25-2)7-8-15(11)21/h3-10,21H,1-2H3,(H,19,22)(H,20,23)/b18-10-. The van der Waals surface area contributed by atoms with Crippen LogP contribution in [0.3, 0.4) is 0 Å². The van der Waals surface area contributed by atoms with Gasteiger partial charge in [0.05, 0.1) is 20.4 Å². The lowest BCUT2D eigenvalue weighted by atomic mass is 10.2. The molecule has 8 heteroatoms. The number of phenols is 1. The van der Waals surface area contributed by atoms with Crippen molar-refractivity contribution in [2.24, 2.45) is 5.10 Å². The van der Waals surface area contributed by atoms with Crippen LogP contribution < -0.4 is 20.2 Å². The summed E-state index contributed by atoms with van der Waals surface area (Å²) in [5, 5.41) is 15.8. The first-order valence-corrected chi connectivity index (χ1v) is 7.19. The second-order valence-corrected chi connectivity index (χ2v) is 4.81. The molecular formula is C17H17N3O5. The number of carbonyl (C=O) groups is 2. The molecule has 0 radical (unpaired) electrons. The number of aromatic hydroxyl groups is 1. The van der Waals surface area contributed by atoms with E-state index in [1.54, 1.807) is 30.3 Å². The number of rotatable bonds is 5. The van der Waals surface area contributed by atoms with Gasteiger partial charge in [0.2, 0.25) is 0 Å². The molecule has 0 fully saturated rings.